The van der Waals surface area contributed by atoms with Gasteiger partial charge in [-0.05, 0) is 30.3 Å². The van der Waals surface area contributed by atoms with Crippen LogP contribution in [0.3, 0.4) is 0 Å². The van der Waals surface area contributed by atoms with Crippen molar-refractivity contribution in [2.45, 2.75) is 0 Å². The van der Waals surface area contributed by atoms with E-state index in [1.54, 1.807) is 0 Å². The first-order valence-corrected chi connectivity index (χ1v) is 7.02. The summed E-state index contributed by atoms with van der Waals surface area (Å²) in [4.78, 5) is 25.8. The van der Waals surface area contributed by atoms with Crippen molar-refractivity contribution < 1.29 is 28.9 Å². The van der Waals surface area contributed by atoms with Gasteiger partial charge in [-0.25, -0.2) is 9.37 Å². The fourth-order valence-electron chi connectivity index (χ4n) is 1.72. The third-order valence-electron chi connectivity index (χ3n) is 2.84. The van der Waals surface area contributed by atoms with Gasteiger partial charge in [-0.2, -0.15) is 0 Å². The van der Waals surface area contributed by atoms with E-state index in [-0.39, 0.29) is 18.1 Å². The summed E-state index contributed by atoms with van der Waals surface area (Å²) in [6.07, 6.45) is 1.26. The molecule has 128 valence electrons. The lowest BCUT2D eigenvalue weighted by molar-refractivity contribution is -0.135. The molecule has 0 aliphatic carbocycles. The van der Waals surface area contributed by atoms with E-state index in [2.05, 4.69) is 22.1 Å². The van der Waals surface area contributed by atoms with Gasteiger partial charge in [-0.1, -0.05) is 11.8 Å². The summed E-state index contributed by atoms with van der Waals surface area (Å²) in [5, 5.41) is 20.4. The molecule has 3 N–H and O–H groups in total. The molecule has 0 radical (unpaired) electrons. The average molecular weight is 344 g/mol. The lowest BCUT2D eigenvalue weighted by Crippen LogP contribution is -2.29. The van der Waals surface area contributed by atoms with Crippen LogP contribution in [0.1, 0.15) is 16.1 Å². The number of nitrogens with one attached hydrogen (secondary N) is 1. The Morgan fingerprint density at radius 3 is 2.64 bits per heavy atom. The number of nitrogens with zero attached hydrogens (tertiary/aromatic N) is 1. The minimum atomic E-state index is -1.21. The van der Waals surface area contributed by atoms with Crippen LogP contribution in [0, 0.1) is 17.7 Å². The molecule has 0 fully saturated rings. The van der Waals surface area contributed by atoms with Crippen molar-refractivity contribution in [3.8, 4) is 23.3 Å². The molecule has 1 amide bonds. The normalized spacial score (nSPS) is 9.64. The van der Waals surface area contributed by atoms with E-state index in [0.29, 0.717) is 11.3 Å². The first-order chi connectivity index (χ1) is 12.0. The number of carboxylic acid groups (broad SMARTS) is 1. The third kappa shape index (κ3) is 5.51. The molecule has 0 aliphatic heterocycles. The van der Waals surface area contributed by atoms with Crippen molar-refractivity contribution in [3.05, 3.63) is 53.6 Å². The molecule has 0 spiro atoms. The second-order valence-corrected chi connectivity index (χ2v) is 4.71. The molecular formula is C17H13FN2O5. The van der Waals surface area contributed by atoms with Crippen LogP contribution in [-0.4, -0.2) is 40.2 Å². The Morgan fingerprint density at radius 2 is 2.00 bits per heavy atom. The highest BCUT2D eigenvalue weighted by atomic mass is 19.1. The van der Waals surface area contributed by atoms with Gasteiger partial charge in [0.1, 0.15) is 30.5 Å². The number of aromatic nitrogens is 1. The molecule has 25 heavy (non-hydrogen) atoms. The Bertz CT molecular complexity index is 840. The van der Waals surface area contributed by atoms with Gasteiger partial charge in [-0.15, -0.1) is 0 Å². The van der Waals surface area contributed by atoms with E-state index >= 15 is 0 Å². The average Bonchev–Trinajstić information content (AvgIpc) is 2.58. The zero-order valence-electron chi connectivity index (χ0n) is 12.8. The van der Waals surface area contributed by atoms with E-state index in [4.69, 9.17) is 9.84 Å². The van der Waals surface area contributed by atoms with E-state index in [1.807, 2.05) is 0 Å². The van der Waals surface area contributed by atoms with Crippen LogP contribution in [0.2, 0.25) is 0 Å². The summed E-state index contributed by atoms with van der Waals surface area (Å²) in [5.41, 5.74) is 0.0457. The van der Waals surface area contributed by atoms with Crippen LogP contribution in [0.15, 0.2) is 36.5 Å². The zero-order valence-corrected chi connectivity index (χ0v) is 12.8. The lowest BCUT2D eigenvalue weighted by Gasteiger charge is -2.04. The Hall–Kier alpha value is -3.60. The summed E-state index contributed by atoms with van der Waals surface area (Å²) in [6, 6.07) is 6.69. The minimum Gasteiger partial charge on any atom is -0.505 e. The van der Waals surface area contributed by atoms with Gasteiger partial charge in [0.05, 0.1) is 0 Å². The van der Waals surface area contributed by atoms with E-state index in [1.165, 1.54) is 36.5 Å². The molecule has 0 saturated carbocycles. The number of aliphatic carboxylic acids is 1. The Kier molecular flexibility index (Phi) is 5.90. The molecule has 1 aromatic heterocycles. The topological polar surface area (TPSA) is 109 Å². The fourth-order valence-corrected chi connectivity index (χ4v) is 1.72. The number of benzene rings is 1. The van der Waals surface area contributed by atoms with Crippen molar-refractivity contribution in [3.63, 3.8) is 0 Å². The van der Waals surface area contributed by atoms with Crippen LogP contribution < -0.4 is 10.1 Å². The van der Waals surface area contributed by atoms with Crippen LogP contribution in [-0.2, 0) is 4.79 Å². The second kappa shape index (κ2) is 8.31. The summed E-state index contributed by atoms with van der Waals surface area (Å²) in [5.74, 6) is 3.02. The molecule has 0 atom stereocenters. The van der Waals surface area contributed by atoms with Crippen LogP contribution >= 0.6 is 0 Å². The highest BCUT2D eigenvalue weighted by molar-refractivity contribution is 5.96. The maximum Gasteiger partial charge on any atom is 0.322 e. The van der Waals surface area contributed by atoms with Crippen LogP contribution in [0.25, 0.3) is 0 Å². The summed E-state index contributed by atoms with van der Waals surface area (Å²) in [6.45, 7) is -0.546. The number of halogens is 1. The van der Waals surface area contributed by atoms with E-state index < -0.39 is 24.2 Å². The number of carboxylic acids is 1. The third-order valence-corrected chi connectivity index (χ3v) is 2.84. The quantitative estimate of drug-likeness (QED) is 0.703. The molecule has 0 aliphatic rings. The standard InChI is InChI=1S/C17H13FN2O5/c18-12-3-5-13(6-4-12)25-7-1-2-11-8-14(21)16(19-9-11)17(24)20-10-15(22)23/h3-6,8-9,21H,7,10H2,(H,20,24)(H,22,23). The van der Waals surface area contributed by atoms with Gasteiger partial charge in [0.15, 0.2) is 5.69 Å². The van der Waals surface area contributed by atoms with Crippen molar-refractivity contribution >= 4 is 11.9 Å². The molecule has 0 saturated heterocycles. The van der Waals surface area contributed by atoms with E-state index in [9.17, 15) is 19.1 Å². The second-order valence-electron chi connectivity index (χ2n) is 4.71. The molecular weight excluding hydrogens is 331 g/mol. The molecule has 7 nitrogen and oxygen atoms in total. The van der Waals surface area contributed by atoms with Crippen molar-refractivity contribution in [2.24, 2.45) is 0 Å². The van der Waals surface area contributed by atoms with Crippen molar-refractivity contribution in [1.82, 2.24) is 10.3 Å². The summed E-state index contributed by atoms with van der Waals surface area (Å²) >= 11 is 0. The van der Waals surface area contributed by atoms with Crippen LogP contribution in [0.5, 0.6) is 11.5 Å². The number of carbonyl (C=O) groups excluding carboxylic acids is 1. The highest BCUT2D eigenvalue weighted by Crippen LogP contribution is 2.15. The maximum absolute atomic E-state index is 12.7. The maximum atomic E-state index is 12.7. The number of pyridine rings is 1. The number of aromatic hydroxyl groups is 1. The molecule has 1 heterocycles. The van der Waals surface area contributed by atoms with Crippen LogP contribution in [0.4, 0.5) is 4.39 Å². The van der Waals surface area contributed by atoms with Crippen molar-refractivity contribution in [2.75, 3.05) is 13.2 Å². The number of hydrogen-bond acceptors (Lipinski definition) is 5. The lowest BCUT2D eigenvalue weighted by atomic mass is 10.2. The number of rotatable bonds is 5. The fraction of sp³-hybridized carbons (Fsp3) is 0.118. The first kappa shape index (κ1) is 17.7. The molecule has 2 aromatic rings. The number of carbonyl (C=O) groups is 2. The van der Waals surface area contributed by atoms with Gasteiger partial charge in [0.25, 0.3) is 5.91 Å². The largest absolute Gasteiger partial charge is 0.505 e. The Morgan fingerprint density at radius 1 is 1.28 bits per heavy atom. The van der Waals surface area contributed by atoms with Crippen molar-refractivity contribution in [1.29, 1.82) is 0 Å². The Labute approximate surface area is 142 Å². The van der Waals surface area contributed by atoms with Gasteiger partial charge >= 0.3 is 5.97 Å². The van der Waals surface area contributed by atoms with Gasteiger partial charge in [0, 0.05) is 11.8 Å². The monoisotopic (exact) mass is 344 g/mol. The summed E-state index contributed by atoms with van der Waals surface area (Å²) in [7, 11) is 0. The summed E-state index contributed by atoms with van der Waals surface area (Å²) < 4.78 is 18.0. The number of hydrogen-bond donors (Lipinski definition) is 3. The predicted molar refractivity (Wildman–Crippen MR) is 84.6 cm³/mol. The number of ether oxygens (including phenoxy) is 1. The van der Waals surface area contributed by atoms with Gasteiger partial charge < -0.3 is 20.3 Å². The van der Waals surface area contributed by atoms with E-state index in [0.717, 1.165) is 0 Å². The predicted octanol–water partition coefficient (Wildman–Crippen LogP) is 1.17. The Balaban J connectivity index is 1.95. The molecule has 0 unspecified atom stereocenters. The SMILES string of the molecule is O=C(O)CNC(=O)c1ncc(C#CCOc2ccc(F)cc2)cc1O. The van der Waals surface area contributed by atoms with Gasteiger partial charge in [-0.3, -0.25) is 9.59 Å². The van der Waals surface area contributed by atoms with Gasteiger partial charge in [0.2, 0.25) is 0 Å². The first-order valence-electron chi connectivity index (χ1n) is 7.02. The number of amides is 1. The molecule has 2 rings (SSSR count). The molecule has 1 aromatic carbocycles. The molecule has 0 bridgehead atoms. The molecule has 8 heteroatoms. The smallest absolute Gasteiger partial charge is 0.322 e. The minimum absolute atomic E-state index is 0.0350. The zero-order chi connectivity index (χ0) is 18.2. The highest BCUT2D eigenvalue weighted by Gasteiger charge is 2.13.